The van der Waals surface area contributed by atoms with Crippen LogP contribution in [0.2, 0.25) is 0 Å². The van der Waals surface area contributed by atoms with Gasteiger partial charge in [0.2, 0.25) is 5.91 Å². The molecule has 4 nitrogen and oxygen atoms in total. The lowest BCUT2D eigenvalue weighted by molar-refractivity contribution is -0.132. The zero-order valence-corrected chi connectivity index (χ0v) is 11.7. The molecule has 19 heavy (non-hydrogen) atoms. The maximum Gasteiger partial charge on any atom is 0.239 e. The van der Waals surface area contributed by atoms with Crippen LogP contribution in [0.5, 0.6) is 0 Å². The first-order valence-corrected chi connectivity index (χ1v) is 7.22. The minimum atomic E-state index is 0.00267. The summed E-state index contributed by atoms with van der Waals surface area (Å²) in [6.45, 7) is 3.76. The molecule has 1 saturated heterocycles. The number of nitrogens with one attached hydrogen (secondary N) is 1. The minimum absolute atomic E-state index is 0.00267. The molecule has 1 aliphatic carbocycles. The van der Waals surface area contributed by atoms with Crippen molar-refractivity contribution in [3.63, 3.8) is 0 Å². The predicted molar refractivity (Wildman–Crippen MR) is 72.7 cm³/mol. The Hall–Kier alpha value is -1.29. The molecule has 1 aromatic rings. The Kier molecular flexibility index (Phi) is 3.35. The average Bonchev–Trinajstić information content (AvgIpc) is 2.88. The van der Waals surface area contributed by atoms with Gasteiger partial charge < -0.3 is 14.6 Å². The van der Waals surface area contributed by atoms with E-state index in [1.807, 2.05) is 13.1 Å². The summed E-state index contributed by atoms with van der Waals surface area (Å²) in [6.07, 6.45) is 3.27. The molecule has 3 rings (SSSR count). The molecule has 2 aliphatic rings. The molecule has 2 heterocycles. The van der Waals surface area contributed by atoms with E-state index in [2.05, 4.69) is 18.3 Å². The van der Waals surface area contributed by atoms with Crippen LogP contribution in [0.25, 0.3) is 0 Å². The van der Waals surface area contributed by atoms with Crippen molar-refractivity contribution in [1.29, 1.82) is 0 Å². The van der Waals surface area contributed by atoms with Crippen molar-refractivity contribution in [2.75, 3.05) is 13.6 Å². The van der Waals surface area contributed by atoms with Gasteiger partial charge in [-0.1, -0.05) is 6.92 Å². The molecule has 0 bridgehead atoms. The highest BCUT2D eigenvalue weighted by molar-refractivity contribution is 5.81. The normalized spacial score (nSPS) is 29.5. The van der Waals surface area contributed by atoms with Gasteiger partial charge in [0.25, 0.3) is 0 Å². The van der Waals surface area contributed by atoms with Crippen LogP contribution in [0.3, 0.4) is 0 Å². The number of hydrogen-bond acceptors (Lipinski definition) is 3. The molecule has 1 amide bonds. The molecule has 2 fully saturated rings. The maximum absolute atomic E-state index is 12.2. The third-order valence-electron chi connectivity index (χ3n) is 4.29. The molecule has 1 N–H and O–H groups in total. The fourth-order valence-corrected chi connectivity index (χ4v) is 2.87. The van der Waals surface area contributed by atoms with Crippen molar-refractivity contribution in [2.24, 2.45) is 5.92 Å². The Morgan fingerprint density at radius 1 is 1.53 bits per heavy atom. The molecule has 4 heteroatoms. The van der Waals surface area contributed by atoms with Crippen LogP contribution in [0.15, 0.2) is 16.5 Å². The van der Waals surface area contributed by atoms with Crippen molar-refractivity contribution in [3.8, 4) is 0 Å². The monoisotopic (exact) mass is 262 g/mol. The average molecular weight is 262 g/mol. The third kappa shape index (κ3) is 2.68. The van der Waals surface area contributed by atoms with Gasteiger partial charge in [0.15, 0.2) is 0 Å². The van der Waals surface area contributed by atoms with E-state index in [4.69, 9.17) is 4.42 Å². The molecule has 0 spiro atoms. The molecule has 104 valence electrons. The summed E-state index contributed by atoms with van der Waals surface area (Å²) < 4.78 is 5.85. The van der Waals surface area contributed by atoms with Gasteiger partial charge in [-0.15, -0.1) is 0 Å². The van der Waals surface area contributed by atoms with Gasteiger partial charge >= 0.3 is 0 Å². The molecule has 1 saturated carbocycles. The second-order valence-electron chi connectivity index (χ2n) is 5.97. The van der Waals surface area contributed by atoms with Crippen LogP contribution in [-0.2, 0) is 11.3 Å². The number of rotatable bonds is 4. The Balaban J connectivity index is 1.57. The lowest BCUT2D eigenvalue weighted by Gasteiger charge is -2.20. The molecule has 0 aromatic carbocycles. The summed E-state index contributed by atoms with van der Waals surface area (Å²) in [5, 5.41) is 3.24. The number of hydrogen-bond donors (Lipinski definition) is 1. The summed E-state index contributed by atoms with van der Waals surface area (Å²) in [4.78, 5) is 13.9. The second kappa shape index (κ2) is 5.00. The van der Waals surface area contributed by atoms with Gasteiger partial charge in [-0.3, -0.25) is 4.79 Å². The van der Waals surface area contributed by atoms with Crippen LogP contribution in [0, 0.1) is 5.92 Å². The summed E-state index contributed by atoms with van der Waals surface area (Å²) in [5.41, 5.74) is 0. The van der Waals surface area contributed by atoms with Gasteiger partial charge in [-0.2, -0.15) is 0 Å². The first-order chi connectivity index (χ1) is 9.15. The van der Waals surface area contributed by atoms with E-state index >= 15 is 0 Å². The zero-order chi connectivity index (χ0) is 13.4. The molecular formula is C15H22N2O2. The Morgan fingerprint density at radius 3 is 2.95 bits per heavy atom. The van der Waals surface area contributed by atoms with Crippen molar-refractivity contribution in [2.45, 2.75) is 44.7 Å². The third-order valence-corrected chi connectivity index (χ3v) is 4.29. The molecule has 3 unspecified atom stereocenters. The summed E-state index contributed by atoms with van der Waals surface area (Å²) >= 11 is 0. The standard InChI is InChI=1S/C15H22N2O2/c1-10-8-12(10)14-6-5-11(19-14)9-17(2)15(18)13-4-3-7-16-13/h5-6,10,12-13,16H,3-4,7-9H2,1-2H3. The van der Waals surface area contributed by atoms with E-state index in [9.17, 15) is 4.79 Å². The van der Waals surface area contributed by atoms with E-state index in [0.29, 0.717) is 12.5 Å². The molecular weight excluding hydrogens is 240 g/mol. The maximum atomic E-state index is 12.2. The first kappa shape index (κ1) is 12.7. The quantitative estimate of drug-likeness (QED) is 0.904. The number of carbonyl (C=O) groups is 1. The fraction of sp³-hybridized carbons (Fsp3) is 0.667. The fourth-order valence-electron chi connectivity index (χ4n) is 2.87. The van der Waals surface area contributed by atoms with E-state index in [0.717, 1.165) is 36.8 Å². The smallest absolute Gasteiger partial charge is 0.239 e. The van der Waals surface area contributed by atoms with Gasteiger partial charge in [0.1, 0.15) is 11.5 Å². The highest BCUT2D eigenvalue weighted by Crippen LogP contribution is 2.47. The summed E-state index contributed by atoms with van der Waals surface area (Å²) in [5.74, 6) is 3.51. The van der Waals surface area contributed by atoms with Crippen LogP contribution >= 0.6 is 0 Å². The minimum Gasteiger partial charge on any atom is -0.464 e. The topological polar surface area (TPSA) is 45.5 Å². The van der Waals surface area contributed by atoms with Crippen LogP contribution in [0.1, 0.15) is 43.6 Å². The zero-order valence-electron chi connectivity index (χ0n) is 11.7. The van der Waals surface area contributed by atoms with Crippen molar-refractivity contribution < 1.29 is 9.21 Å². The van der Waals surface area contributed by atoms with Crippen molar-refractivity contribution in [3.05, 3.63) is 23.7 Å². The number of amides is 1. The van der Waals surface area contributed by atoms with Crippen molar-refractivity contribution >= 4 is 5.91 Å². The van der Waals surface area contributed by atoms with Crippen LogP contribution < -0.4 is 5.32 Å². The Morgan fingerprint density at radius 2 is 2.32 bits per heavy atom. The van der Waals surface area contributed by atoms with E-state index in [-0.39, 0.29) is 11.9 Å². The van der Waals surface area contributed by atoms with E-state index < -0.39 is 0 Å². The van der Waals surface area contributed by atoms with E-state index in [1.54, 1.807) is 4.90 Å². The molecule has 1 aliphatic heterocycles. The predicted octanol–water partition coefficient (Wildman–Crippen LogP) is 2.11. The SMILES string of the molecule is CC1CC1c1ccc(CN(C)C(=O)C2CCCN2)o1. The van der Waals surface area contributed by atoms with E-state index in [1.165, 1.54) is 6.42 Å². The largest absolute Gasteiger partial charge is 0.464 e. The number of nitrogens with zero attached hydrogens (tertiary/aromatic N) is 1. The van der Waals surface area contributed by atoms with Crippen molar-refractivity contribution in [1.82, 2.24) is 10.2 Å². The number of carbonyl (C=O) groups excluding carboxylic acids is 1. The van der Waals surface area contributed by atoms with Gasteiger partial charge in [-0.05, 0) is 43.9 Å². The number of likely N-dealkylation sites (N-methyl/N-ethyl adjacent to an activating group) is 1. The summed E-state index contributed by atoms with van der Waals surface area (Å²) in [7, 11) is 1.85. The molecule has 0 radical (unpaired) electrons. The number of furan rings is 1. The molecule has 1 aromatic heterocycles. The summed E-state index contributed by atoms with van der Waals surface area (Å²) in [6, 6.07) is 4.07. The highest BCUT2D eigenvalue weighted by atomic mass is 16.3. The lowest BCUT2D eigenvalue weighted by Crippen LogP contribution is -2.41. The Labute approximate surface area is 114 Å². The highest BCUT2D eigenvalue weighted by Gasteiger charge is 2.36. The lowest BCUT2D eigenvalue weighted by atomic mass is 10.2. The van der Waals surface area contributed by atoms with Crippen LogP contribution in [-0.4, -0.2) is 30.4 Å². The molecule has 3 atom stereocenters. The Bertz CT molecular complexity index is 462. The first-order valence-electron chi connectivity index (χ1n) is 7.22. The second-order valence-corrected chi connectivity index (χ2v) is 5.97. The van der Waals surface area contributed by atoms with Crippen LogP contribution in [0.4, 0.5) is 0 Å². The van der Waals surface area contributed by atoms with Gasteiger partial charge in [-0.25, -0.2) is 0 Å². The van der Waals surface area contributed by atoms with Gasteiger partial charge in [0, 0.05) is 13.0 Å². The van der Waals surface area contributed by atoms with Gasteiger partial charge in [0.05, 0.1) is 12.6 Å².